The van der Waals surface area contributed by atoms with Crippen molar-refractivity contribution in [3.63, 3.8) is 0 Å². The molecule has 1 aromatic carbocycles. The summed E-state index contributed by atoms with van der Waals surface area (Å²) in [6, 6.07) is 4.05. The molecule has 7 nitrogen and oxygen atoms in total. The highest BCUT2D eigenvalue weighted by Gasteiger charge is 2.30. The van der Waals surface area contributed by atoms with Gasteiger partial charge in [0, 0.05) is 6.26 Å². The SMILES string of the molecule is CCC(C)(CO)Nc1cccc(S(C)(=O)=O)c1[N+](=O)[O-]. The van der Waals surface area contributed by atoms with E-state index in [4.69, 9.17) is 0 Å². The zero-order valence-electron chi connectivity index (χ0n) is 11.6. The summed E-state index contributed by atoms with van der Waals surface area (Å²) in [6.45, 7) is 3.28. The topological polar surface area (TPSA) is 110 Å². The van der Waals surface area contributed by atoms with Crippen LogP contribution in [0.25, 0.3) is 0 Å². The third-order valence-corrected chi connectivity index (χ3v) is 4.28. The summed E-state index contributed by atoms with van der Waals surface area (Å²) in [5.41, 5.74) is -1.18. The van der Waals surface area contributed by atoms with Gasteiger partial charge in [0.05, 0.1) is 17.1 Å². The number of hydrogen-bond acceptors (Lipinski definition) is 6. The largest absolute Gasteiger partial charge is 0.394 e. The molecule has 8 heteroatoms. The maximum atomic E-state index is 11.6. The molecule has 0 aliphatic heterocycles. The molecule has 20 heavy (non-hydrogen) atoms. The fraction of sp³-hybridized carbons (Fsp3) is 0.500. The highest BCUT2D eigenvalue weighted by atomic mass is 32.2. The van der Waals surface area contributed by atoms with E-state index >= 15 is 0 Å². The maximum Gasteiger partial charge on any atom is 0.310 e. The van der Waals surface area contributed by atoms with Gasteiger partial charge in [-0.15, -0.1) is 0 Å². The first-order valence-corrected chi connectivity index (χ1v) is 7.90. The summed E-state index contributed by atoms with van der Waals surface area (Å²) in [6.07, 6.45) is 1.44. The van der Waals surface area contributed by atoms with Gasteiger partial charge in [0.15, 0.2) is 9.84 Å². The third-order valence-electron chi connectivity index (χ3n) is 3.15. The molecule has 0 amide bonds. The summed E-state index contributed by atoms with van der Waals surface area (Å²) in [7, 11) is -3.71. The summed E-state index contributed by atoms with van der Waals surface area (Å²) >= 11 is 0. The van der Waals surface area contributed by atoms with Crippen LogP contribution in [0.4, 0.5) is 11.4 Å². The van der Waals surface area contributed by atoms with E-state index in [1.807, 2.05) is 6.92 Å². The lowest BCUT2D eigenvalue weighted by molar-refractivity contribution is -0.386. The first-order valence-electron chi connectivity index (χ1n) is 6.01. The molecule has 0 saturated carbocycles. The van der Waals surface area contributed by atoms with Crippen LogP contribution in [-0.2, 0) is 9.84 Å². The van der Waals surface area contributed by atoms with Gasteiger partial charge in [-0.1, -0.05) is 13.0 Å². The second-order valence-corrected chi connectivity index (χ2v) is 6.86. The predicted molar refractivity (Wildman–Crippen MR) is 75.6 cm³/mol. The van der Waals surface area contributed by atoms with Crippen molar-refractivity contribution >= 4 is 21.2 Å². The van der Waals surface area contributed by atoms with Crippen LogP contribution in [-0.4, -0.2) is 36.8 Å². The zero-order valence-corrected chi connectivity index (χ0v) is 12.4. The number of para-hydroxylation sites is 1. The normalized spacial score (nSPS) is 14.6. The smallest absolute Gasteiger partial charge is 0.310 e. The number of rotatable bonds is 6. The molecule has 1 unspecified atom stereocenters. The molecule has 112 valence electrons. The average molecular weight is 302 g/mol. The molecule has 0 fully saturated rings. The molecule has 1 atom stereocenters. The number of anilines is 1. The number of nitro groups is 1. The van der Waals surface area contributed by atoms with Gasteiger partial charge in [-0.2, -0.15) is 0 Å². The second kappa shape index (κ2) is 5.76. The van der Waals surface area contributed by atoms with E-state index in [-0.39, 0.29) is 17.2 Å². The van der Waals surface area contributed by atoms with Crippen molar-refractivity contribution in [3.05, 3.63) is 28.3 Å². The molecule has 1 aromatic rings. The van der Waals surface area contributed by atoms with E-state index in [1.54, 1.807) is 6.92 Å². The standard InChI is InChI=1S/C12H18N2O5S/c1-4-12(2,8-15)13-9-6-5-7-10(20(3,18)19)11(9)14(16)17/h5-7,13,15H,4,8H2,1-3H3. The number of nitrogens with zero attached hydrogens (tertiary/aromatic N) is 1. The van der Waals surface area contributed by atoms with E-state index < -0.39 is 26.0 Å². The number of hydrogen-bond donors (Lipinski definition) is 2. The van der Waals surface area contributed by atoms with Gasteiger partial charge in [-0.25, -0.2) is 8.42 Å². The van der Waals surface area contributed by atoms with Crippen molar-refractivity contribution in [2.75, 3.05) is 18.2 Å². The minimum Gasteiger partial charge on any atom is -0.394 e. The van der Waals surface area contributed by atoms with Crippen LogP contribution < -0.4 is 5.32 Å². The molecule has 0 aliphatic carbocycles. The van der Waals surface area contributed by atoms with Gasteiger partial charge >= 0.3 is 5.69 Å². The number of nitrogens with one attached hydrogen (secondary N) is 1. The molecule has 0 radical (unpaired) electrons. The van der Waals surface area contributed by atoms with Crippen molar-refractivity contribution < 1.29 is 18.4 Å². The van der Waals surface area contributed by atoms with E-state index in [1.165, 1.54) is 18.2 Å². The predicted octanol–water partition coefficient (Wildman–Crippen LogP) is 1.57. The number of sulfone groups is 1. The minimum atomic E-state index is -3.71. The number of aliphatic hydroxyl groups is 1. The first-order chi connectivity index (χ1) is 9.14. The van der Waals surface area contributed by atoms with Gasteiger partial charge < -0.3 is 10.4 Å². The molecule has 0 bridgehead atoms. The van der Waals surface area contributed by atoms with Crippen LogP contribution in [0.2, 0.25) is 0 Å². The molecule has 0 saturated heterocycles. The molecule has 1 rings (SSSR count). The Morgan fingerprint density at radius 3 is 2.45 bits per heavy atom. The minimum absolute atomic E-state index is 0.0799. The Morgan fingerprint density at radius 1 is 1.45 bits per heavy atom. The lowest BCUT2D eigenvalue weighted by Gasteiger charge is -2.28. The monoisotopic (exact) mass is 302 g/mol. The van der Waals surface area contributed by atoms with Crippen molar-refractivity contribution in [1.82, 2.24) is 0 Å². The van der Waals surface area contributed by atoms with Crippen LogP contribution in [0.15, 0.2) is 23.1 Å². The molecule has 0 spiro atoms. The fourth-order valence-corrected chi connectivity index (χ4v) is 2.54. The maximum absolute atomic E-state index is 11.6. The quantitative estimate of drug-likeness (QED) is 0.609. The molecular formula is C12H18N2O5S. The number of aliphatic hydroxyl groups excluding tert-OH is 1. The Bertz CT molecular complexity index is 608. The zero-order chi connectivity index (χ0) is 15.6. The van der Waals surface area contributed by atoms with Crippen LogP contribution in [0.1, 0.15) is 20.3 Å². The average Bonchev–Trinajstić information content (AvgIpc) is 2.37. The van der Waals surface area contributed by atoms with Crippen molar-refractivity contribution in [1.29, 1.82) is 0 Å². The number of benzene rings is 1. The summed E-state index contributed by atoms with van der Waals surface area (Å²) in [5.74, 6) is 0. The van der Waals surface area contributed by atoms with E-state index in [0.29, 0.717) is 6.42 Å². The van der Waals surface area contributed by atoms with Crippen LogP contribution in [0, 0.1) is 10.1 Å². The van der Waals surface area contributed by atoms with Gasteiger partial charge in [0.25, 0.3) is 0 Å². The second-order valence-electron chi connectivity index (χ2n) is 4.88. The Labute approximate surface area is 117 Å². The van der Waals surface area contributed by atoms with Gasteiger partial charge in [-0.05, 0) is 25.5 Å². The third kappa shape index (κ3) is 3.45. The van der Waals surface area contributed by atoms with E-state index in [0.717, 1.165) is 6.26 Å². The summed E-state index contributed by atoms with van der Waals surface area (Å²) < 4.78 is 23.3. The molecule has 0 heterocycles. The van der Waals surface area contributed by atoms with Crippen molar-refractivity contribution in [2.24, 2.45) is 0 Å². The lowest BCUT2D eigenvalue weighted by atomic mass is 9.99. The van der Waals surface area contributed by atoms with Gasteiger partial charge in [-0.3, -0.25) is 10.1 Å². The van der Waals surface area contributed by atoms with E-state index in [9.17, 15) is 23.6 Å². The van der Waals surface area contributed by atoms with Gasteiger partial charge in [0.2, 0.25) is 0 Å². The summed E-state index contributed by atoms with van der Waals surface area (Å²) in [4.78, 5) is 10.1. The van der Waals surface area contributed by atoms with Crippen LogP contribution in [0.3, 0.4) is 0 Å². The highest BCUT2D eigenvalue weighted by Crippen LogP contribution is 2.34. The molecule has 0 aliphatic rings. The van der Waals surface area contributed by atoms with Crippen molar-refractivity contribution in [2.45, 2.75) is 30.7 Å². The van der Waals surface area contributed by atoms with Crippen molar-refractivity contribution in [3.8, 4) is 0 Å². The van der Waals surface area contributed by atoms with E-state index in [2.05, 4.69) is 5.32 Å². The Balaban J connectivity index is 3.46. The molecular weight excluding hydrogens is 284 g/mol. The molecule has 2 N–H and O–H groups in total. The first kappa shape index (κ1) is 16.4. The Kier molecular flexibility index (Phi) is 4.72. The lowest BCUT2D eigenvalue weighted by Crippen LogP contribution is -2.38. The Hall–Kier alpha value is -1.67. The summed E-state index contributed by atoms with van der Waals surface area (Å²) in [5, 5.41) is 23.4. The fourth-order valence-electron chi connectivity index (χ4n) is 1.68. The van der Waals surface area contributed by atoms with Crippen LogP contribution in [0.5, 0.6) is 0 Å². The van der Waals surface area contributed by atoms with Crippen LogP contribution >= 0.6 is 0 Å². The Morgan fingerprint density at radius 2 is 2.05 bits per heavy atom. The molecule has 0 aromatic heterocycles. The van der Waals surface area contributed by atoms with Gasteiger partial charge in [0.1, 0.15) is 10.6 Å². The number of nitro benzene ring substituents is 1. The highest BCUT2D eigenvalue weighted by molar-refractivity contribution is 7.90.